The number of hydrogen-bond donors (Lipinski definition) is 0. The van der Waals surface area contributed by atoms with E-state index in [1.165, 1.54) is 0 Å². The summed E-state index contributed by atoms with van der Waals surface area (Å²) >= 11 is 5.98. The third-order valence-corrected chi connectivity index (χ3v) is 3.18. The summed E-state index contributed by atoms with van der Waals surface area (Å²) in [7, 11) is 0. The molecule has 3 nitrogen and oxygen atoms in total. The van der Waals surface area contributed by atoms with Crippen LogP contribution in [0.25, 0.3) is 0 Å². The Hall–Kier alpha value is -2.49. The molecule has 2 aromatic carbocycles. The summed E-state index contributed by atoms with van der Waals surface area (Å²) in [4.78, 5) is 0. The molecule has 0 heterocycles. The van der Waals surface area contributed by atoms with Gasteiger partial charge in [0, 0.05) is 6.07 Å². The van der Waals surface area contributed by atoms with Gasteiger partial charge in [-0.3, -0.25) is 0 Å². The highest BCUT2D eigenvalue weighted by atomic mass is 35.5. The van der Waals surface area contributed by atoms with Crippen molar-refractivity contribution in [3.05, 3.63) is 57.6 Å². The average Bonchev–Trinajstić information content (AvgIpc) is 2.42. The molecule has 0 amide bonds. The molecule has 0 N–H and O–H groups in total. The normalized spacial score (nSPS) is 9.65. The van der Waals surface area contributed by atoms with Crippen LogP contribution in [0.1, 0.15) is 22.3 Å². The van der Waals surface area contributed by atoms with Gasteiger partial charge in [-0.05, 0) is 49.2 Å². The van der Waals surface area contributed by atoms with Gasteiger partial charge < -0.3 is 4.74 Å². The van der Waals surface area contributed by atoms with Crippen molar-refractivity contribution in [1.29, 1.82) is 10.5 Å². The number of nitrogens with zero attached hydrogens (tertiary/aromatic N) is 2. The molecule has 0 saturated heterocycles. The summed E-state index contributed by atoms with van der Waals surface area (Å²) in [6.45, 7) is 3.77. The van der Waals surface area contributed by atoms with Crippen LogP contribution in [0.15, 0.2) is 30.3 Å². The van der Waals surface area contributed by atoms with Crippen molar-refractivity contribution >= 4 is 11.6 Å². The standard InChI is InChI=1S/C16H11ClN2O/c1-10-5-12(8-18)6-11(2)16(10)20-14-4-3-13(9-19)15(17)7-14/h3-7H,1-2H3. The molecule has 0 aliphatic heterocycles. The Kier molecular flexibility index (Phi) is 3.94. The zero-order chi connectivity index (χ0) is 14.7. The summed E-state index contributed by atoms with van der Waals surface area (Å²) in [5.74, 6) is 1.26. The Balaban J connectivity index is 2.39. The second kappa shape index (κ2) is 5.65. The molecule has 2 rings (SSSR count). The molecule has 20 heavy (non-hydrogen) atoms. The predicted molar refractivity (Wildman–Crippen MR) is 76.9 cm³/mol. The first-order valence-electron chi connectivity index (χ1n) is 5.94. The molecule has 0 spiro atoms. The molecule has 2 aromatic rings. The molecule has 0 bridgehead atoms. The van der Waals surface area contributed by atoms with E-state index < -0.39 is 0 Å². The Morgan fingerprint density at radius 3 is 2.15 bits per heavy atom. The van der Waals surface area contributed by atoms with E-state index in [0.717, 1.165) is 11.1 Å². The largest absolute Gasteiger partial charge is 0.457 e. The lowest BCUT2D eigenvalue weighted by atomic mass is 10.1. The minimum absolute atomic E-state index is 0.356. The second-order valence-corrected chi connectivity index (χ2v) is 4.81. The Bertz CT molecular complexity index is 731. The van der Waals surface area contributed by atoms with Crippen molar-refractivity contribution in [2.45, 2.75) is 13.8 Å². The number of ether oxygens (including phenoxy) is 1. The molecular weight excluding hydrogens is 272 g/mol. The maximum Gasteiger partial charge on any atom is 0.133 e. The second-order valence-electron chi connectivity index (χ2n) is 4.41. The highest BCUT2D eigenvalue weighted by molar-refractivity contribution is 6.31. The van der Waals surface area contributed by atoms with Gasteiger partial charge in [-0.25, -0.2) is 0 Å². The quantitative estimate of drug-likeness (QED) is 0.815. The monoisotopic (exact) mass is 282 g/mol. The van der Waals surface area contributed by atoms with Crippen molar-refractivity contribution < 1.29 is 4.74 Å². The van der Waals surface area contributed by atoms with Crippen LogP contribution in [0, 0.1) is 36.5 Å². The molecule has 0 aromatic heterocycles. The lowest BCUT2D eigenvalue weighted by Crippen LogP contribution is -1.93. The molecule has 0 fully saturated rings. The third-order valence-electron chi connectivity index (χ3n) is 2.87. The third kappa shape index (κ3) is 2.74. The van der Waals surface area contributed by atoms with Gasteiger partial charge in [0.25, 0.3) is 0 Å². The number of hydrogen-bond acceptors (Lipinski definition) is 3. The van der Waals surface area contributed by atoms with Gasteiger partial charge in [-0.1, -0.05) is 11.6 Å². The first-order valence-corrected chi connectivity index (χ1v) is 6.32. The molecule has 0 aliphatic carbocycles. The lowest BCUT2D eigenvalue weighted by molar-refractivity contribution is 0.475. The highest BCUT2D eigenvalue weighted by Gasteiger charge is 2.09. The summed E-state index contributed by atoms with van der Waals surface area (Å²) < 4.78 is 5.82. The maximum atomic E-state index is 8.92. The van der Waals surface area contributed by atoms with E-state index >= 15 is 0 Å². The molecule has 0 unspecified atom stereocenters. The maximum absolute atomic E-state index is 8.92. The van der Waals surface area contributed by atoms with Crippen molar-refractivity contribution in [3.8, 4) is 23.6 Å². The van der Waals surface area contributed by atoms with Crippen LogP contribution in [-0.4, -0.2) is 0 Å². The first-order chi connectivity index (χ1) is 9.55. The van der Waals surface area contributed by atoms with Crippen molar-refractivity contribution in [3.63, 3.8) is 0 Å². The average molecular weight is 283 g/mol. The van der Waals surface area contributed by atoms with Crippen LogP contribution in [0.4, 0.5) is 0 Å². The van der Waals surface area contributed by atoms with Gasteiger partial charge in [0.05, 0.1) is 22.2 Å². The number of benzene rings is 2. The summed E-state index contributed by atoms with van der Waals surface area (Å²) in [6.07, 6.45) is 0. The van der Waals surface area contributed by atoms with Crippen LogP contribution in [0.3, 0.4) is 0 Å². The van der Waals surface area contributed by atoms with Gasteiger partial charge in [-0.15, -0.1) is 0 Å². The number of aryl methyl sites for hydroxylation is 2. The van der Waals surface area contributed by atoms with Crippen molar-refractivity contribution in [1.82, 2.24) is 0 Å². The highest BCUT2D eigenvalue weighted by Crippen LogP contribution is 2.31. The fourth-order valence-corrected chi connectivity index (χ4v) is 2.16. The topological polar surface area (TPSA) is 56.8 Å². The van der Waals surface area contributed by atoms with Crippen molar-refractivity contribution in [2.75, 3.05) is 0 Å². The smallest absolute Gasteiger partial charge is 0.133 e. The zero-order valence-corrected chi connectivity index (χ0v) is 11.8. The Labute approximate surface area is 122 Å². The molecule has 0 radical (unpaired) electrons. The van der Waals surface area contributed by atoms with E-state index in [-0.39, 0.29) is 0 Å². The van der Waals surface area contributed by atoms with Gasteiger partial charge >= 0.3 is 0 Å². The van der Waals surface area contributed by atoms with Crippen LogP contribution < -0.4 is 4.74 Å². The van der Waals surface area contributed by atoms with Crippen molar-refractivity contribution in [2.24, 2.45) is 0 Å². The van der Waals surface area contributed by atoms with E-state index in [9.17, 15) is 0 Å². The predicted octanol–water partition coefficient (Wildman–Crippen LogP) is 4.49. The molecule has 0 aliphatic rings. The summed E-state index contributed by atoms with van der Waals surface area (Å²) in [5, 5.41) is 18.1. The molecule has 0 atom stereocenters. The summed E-state index contributed by atoms with van der Waals surface area (Å²) in [5.41, 5.74) is 2.77. The van der Waals surface area contributed by atoms with Crippen LogP contribution >= 0.6 is 11.6 Å². The van der Waals surface area contributed by atoms with E-state index in [2.05, 4.69) is 6.07 Å². The van der Waals surface area contributed by atoms with Gasteiger partial charge in [-0.2, -0.15) is 10.5 Å². The molecular formula is C16H11ClN2O. The van der Waals surface area contributed by atoms with Gasteiger partial charge in [0.1, 0.15) is 17.6 Å². The minimum atomic E-state index is 0.356. The Morgan fingerprint density at radius 2 is 1.65 bits per heavy atom. The minimum Gasteiger partial charge on any atom is -0.457 e. The van der Waals surface area contributed by atoms with E-state index in [1.807, 2.05) is 19.9 Å². The van der Waals surface area contributed by atoms with Crippen LogP contribution in [-0.2, 0) is 0 Å². The van der Waals surface area contributed by atoms with Crippen LogP contribution in [0.5, 0.6) is 11.5 Å². The van der Waals surface area contributed by atoms with E-state index in [0.29, 0.717) is 27.6 Å². The van der Waals surface area contributed by atoms with Crippen LogP contribution in [0.2, 0.25) is 5.02 Å². The fourth-order valence-electron chi connectivity index (χ4n) is 1.94. The fraction of sp³-hybridized carbons (Fsp3) is 0.125. The van der Waals surface area contributed by atoms with E-state index in [4.69, 9.17) is 26.9 Å². The number of nitriles is 2. The zero-order valence-electron chi connectivity index (χ0n) is 11.1. The number of rotatable bonds is 2. The Morgan fingerprint density at radius 1 is 1.00 bits per heavy atom. The molecule has 98 valence electrons. The van der Waals surface area contributed by atoms with E-state index in [1.54, 1.807) is 30.3 Å². The van der Waals surface area contributed by atoms with Gasteiger partial charge in [0.2, 0.25) is 0 Å². The van der Waals surface area contributed by atoms with Gasteiger partial charge in [0.15, 0.2) is 0 Å². The first kappa shape index (κ1) is 13.9. The molecule has 4 heteroatoms. The molecule has 0 saturated carbocycles. The lowest BCUT2D eigenvalue weighted by Gasteiger charge is -2.12. The number of halogens is 1. The SMILES string of the molecule is Cc1cc(C#N)cc(C)c1Oc1ccc(C#N)c(Cl)c1. The summed E-state index contributed by atoms with van der Waals surface area (Å²) in [6, 6.07) is 12.6.